The van der Waals surface area contributed by atoms with Gasteiger partial charge in [-0.05, 0) is 73.2 Å². The number of benzene rings is 2. The number of hydrogen-bond acceptors (Lipinski definition) is 3. The van der Waals surface area contributed by atoms with E-state index in [9.17, 15) is 4.79 Å². The number of halogens is 2. The van der Waals surface area contributed by atoms with Crippen LogP contribution in [0, 0.1) is 0 Å². The molecular formula is C20H16Cl2O3. The Labute approximate surface area is 155 Å². The van der Waals surface area contributed by atoms with Crippen molar-refractivity contribution < 1.29 is 9.15 Å². The minimum absolute atomic E-state index is 0.242. The molecule has 1 aromatic heterocycles. The molecule has 1 heterocycles. The Kier molecular flexibility index (Phi) is 4.45. The fourth-order valence-electron chi connectivity index (χ4n) is 3.36. The molecule has 0 N–H and O–H groups in total. The predicted octanol–water partition coefficient (Wildman–Crippen LogP) is 5.56. The molecule has 1 aliphatic carbocycles. The topological polar surface area (TPSA) is 39.4 Å². The molecule has 0 saturated carbocycles. The van der Waals surface area contributed by atoms with E-state index < -0.39 is 0 Å². The van der Waals surface area contributed by atoms with Crippen LogP contribution in [0.2, 0.25) is 10.0 Å². The van der Waals surface area contributed by atoms with E-state index in [2.05, 4.69) is 0 Å². The Morgan fingerprint density at radius 1 is 1.00 bits per heavy atom. The third kappa shape index (κ3) is 3.26. The standard InChI is InChI=1S/C20H16Cl2O3/c21-13-5-7-14(8-6-13)24-11-12-9-17(22)19-15-3-1-2-4-16(15)20(23)25-18(19)10-12/h5-10H,1-4,11H2. The molecule has 25 heavy (non-hydrogen) atoms. The van der Waals surface area contributed by atoms with E-state index in [1.54, 1.807) is 12.1 Å². The number of ether oxygens (including phenoxy) is 1. The molecule has 0 aliphatic heterocycles. The predicted molar refractivity (Wildman–Crippen MR) is 99.9 cm³/mol. The van der Waals surface area contributed by atoms with E-state index in [0.717, 1.165) is 47.8 Å². The summed E-state index contributed by atoms with van der Waals surface area (Å²) in [5.41, 5.74) is 2.98. The molecule has 0 radical (unpaired) electrons. The molecule has 5 heteroatoms. The highest BCUT2D eigenvalue weighted by Crippen LogP contribution is 2.33. The fraction of sp³-hybridized carbons (Fsp3) is 0.250. The van der Waals surface area contributed by atoms with Crippen LogP contribution in [0.15, 0.2) is 45.6 Å². The second-order valence-electron chi connectivity index (χ2n) is 6.25. The lowest BCUT2D eigenvalue weighted by Crippen LogP contribution is -2.16. The van der Waals surface area contributed by atoms with Gasteiger partial charge in [-0.1, -0.05) is 23.2 Å². The first-order valence-electron chi connectivity index (χ1n) is 8.27. The van der Waals surface area contributed by atoms with Crippen LogP contribution in [0.4, 0.5) is 0 Å². The Morgan fingerprint density at radius 3 is 2.48 bits per heavy atom. The van der Waals surface area contributed by atoms with Crippen LogP contribution in [-0.2, 0) is 19.4 Å². The highest BCUT2D eigenvalue weighted by Gasteiger charge is 2.20. The van der Waals surface area contributed by atoms with Crippen molar-refractivity contribution in [2.75, 3.05) is 0 Å². The summed E-state index contributed by atoms with van der Waals surface area (Å²) in [6.07, 6.45) is 3.74. The second-order valence-corrected chi connectivity index (χ2v) is 7.09. The van der Waals surface area contributed by atoms with Gasteiger partial charge in [0, 0.05) is 16.0 Å². The van der Waals surface area contributed by atoms with Gasteiger partial charge in [-0.15, -0.1) is 0 Å². The zero-order valence-corrected chi connectivity index (χ0v) is 15.0. The Morgan fingerprint density at radius 2 is 1.72 bits per heavy atom. The quantitative estimate of drug-likeness (QED) is 0.563. The lowest BCUT2D eigenvalue weighted by molar-refractivity contribution is 0.306. The summed E-state index contributed by atoms with van der Waals surface area (Å²) in [6, 6.07) is 10.9. The summed E-state index contributed by atoms with van der Waals surface area (Å²) >= 11 is 12.4. The van der Waals surface area contributed by atoms with E-state index >= 15 is 0 Å². The van der Waals surface area contributed by atoms with Crippen LogP contribution < -0.4 is 10.4 Å². The van der Waals surface area contributed by atoms with Crippen molar-refractivity contribution in [3.8, 4) is 5.75 Å². The lowest BCUT2D eigenvalue weighted by atomic mass is 9.90. The number of hydrogen-bond donors (Lipinski definition) is 0. The van der Waals surface area contributed by atoms with Crippen molar-refractivity contribution in [3.05, 3.63) is 73.6 Å². The molecule has 0 unspecified atom stereocenters. The maximum absolute atomic E-state index is 12.3. The van der Waals surface area contributed by atoms with Crippen molar-refractivity contribution in [2.45, 2.75) is 32.3 Å². The molecule has 0 fully saturated rings. The Balaban J connectivity index is 1.69. The zero-order valence-electron chi connectivity index (χ0n) is 13.5. The van der Waals surface area contributed by atoms with E-state index in [1.165, 1.54) is 0 Å². The summed E-state index contributed by atoms with van der Waals surface area (Å²) in [5.74, 6) is 0.715. The van der Waals surface area contributed by atoms with Gasteiger partial charge in [-0.3, -0.25) is 0 Å². The maximum atomic E-state index is 12.3. The van der Waals surface area contributed by atoms with Gasteiger partial charge in [-0.2, -0.15) is 0 Å². The van der Waals surface area contributed by atoms with Crippen molar-refractivity contribution in [1.29, 1.82) is 0 Å². The molecule has 4 rings (SSSR count). The largest absolute Gasteiger partial charge is 0.489 e. The van der Waals surface area contributed by atoms with Crippen LogP contribution in [0.5, 0.6) is 5.75 Å². The summed E-state index contributed by atoms with van der Waals surface area (Å²) in [6.45, 7) is 0.331. The SMILES string of the molecule is O=c1oc2cc(COc3ccc(Cl)cc3)cc(Cl)c2c2c1CCCC2. The van der Waals surface area contributed by atoms with Gasteiger partial charge in [0.25, 0.3) is 0 Å². The molecule has 0 bridgehead atoms. The molecule has 0 saturated heterocycles. The normalized spacial score (nSPS) is 13.7. The molecule has 0 amide bonds. The van der Waals surface area contributed by atoms with Crippen molar-refractivity contribution in [2.24, 2.45) is 0 Å². The molecule has 2 aromatic carbocycles. The average molecular weight is 375 g/mol. The highest BCUT2D eigenvalue weighted by atomic mass is 35.5. The number of fused-ring (bicyclic) bond motifs is 3. The summed E-state index contributed by atoms with van der Waals surface area (Å²) in [7, 11) is 0. The van der Waals surface area contributed by atoms with Crippen molar-refractivity contribution in [3.63, 3.8) is 0 Å². The zero-order chi connectivity index (χ0) is 17.4. The van der Waals surface area contributed by atoms with E-state index in [1.807, 2.05) is 24.3 Å². The smallest absolute Gasteiger partial charge is 0.339 e. The summed E-state index contributed by atoms with van der Waals surface area (Å²) in [5, 5.41) is 2.13. The summed E-state index contributed by atoms with van der Waals surface area (Å²) in [4.78, 5) is 12.3. The Bertz CT molecular complexity index is 990. The van der Waals surface area contributed by atoms with Gasteiger partial charge in [0.2, 0.25) is 0 Å². The first-order valence-corrected chi connectivity index (χ1v) is 9.03. The van der Waals surface area contributed by atoms with Gasteiger partial charge < -0.3 is 9.15 Å². The van der Waals surface area contributed by atoms with E-state index in [0.29, 0.717) is 28.0 Å². The van der Waals surface area contributed by atoms with Crippen LogP contribution in [0.25, 0.3) is 11.0 Å². The molecule has 3 nitrogen and oxygen atoms in total. The molecule has 0 atom stereocenters. The first kappa shape index (κ1) is 16.5. The maximum Gasteiger partial charge on any atom is 0.339 e. The lowest BCUT2D eigenvalue weighted by Gasteiger charge is -2.17. The second kappa shape index (κ2) is 6.74. The highest BCUT2D eigenvalue weighted by molar-refractivity contribution is 6.35. The molecule has 128 valence electrons. The number of rotatable bonds is 3. The number of aryl methyl sites for hydroxylation is 1. The van der Waals surface area contributed by atoms with Gasteiger partial charge in [0.05, 0.1) is 5.02 Å². The van der Waals surface area contributed by atoms with Crippen LogP contribution in [-0.4, -0.2) is 0 Å². The van der Waals surface area contributed by atoms with Gasteiger partial charge in [0.1, 0.15) is 17.9 Å². The van der Waals surface area contributed by atoms with Crippen molar-refractivity contribution in [1.82, 2.24) is 0 Å². The molecule has 0 spiro atoms. The van der Waals surface area contributed by atoms with Gasteiger partial charge in [-0.25, -0.2) is 4.79 Å². The van der Waals surface area contributed by atoms with E-state index in [4.69, 9.17) is 32.4 Å². The van der Waals surface area contributed by atoms with E-state index in [-0.39, 0.29) is 5.63 Å². The molecular weight excluding hydrogens is 359 g/mol. The minimum Gasteiger partial charge on any atom is -0.489 e. The minimum atomic E-state index is -0.242. The molecule has 1 aliphatic rings. The third-order valence-corrected chi connectivity index (χ3v) is 5.10. The molecule has 3 aromatic rings. The van der Waals surface area contributed by atoms with Gasteiger partial charge in [0.15, 0.2) is 0 Å². The van der Waals surface area contributed by atoms with Crippen LogP contribution in [0.1, 0.15) is 29.5 Å². The fourth-order valence-corrected chi connectivity index (χ4v) is 3.83. The monoisotopic (exact) mass is 374 g/mol. The van der Waals surface area contributed by atoms with Gasteiger partial charge >= 0.3 is 5.63 Å². The summed E-state index contributed by atoms with van der Waals surface area (Å²) < 4.78 is 11.3. The average Bonchev–Trinajstić information content (AvgIpc) is 2.61. The van der Waals surface area contributed by atoms with Crippen LogP contribution in [0.3, 0.4) is 0 Å². The third-order valence-electron chi connectivity index (χ3n) is 4.55. The van der Waals surface area contributed by atoms with Crippen LogP contribution >= 0.6 is 23.2 Å². The van der Waals surface area contributed by atoms with Crippen molar-refractivity contribution >= 4 is 34.2 Å². The Hall–Kier alpha value is -1.97. The first-order chi connectivity index (χ1) is 12.1.